The van der Waals surface area contributed by atoms with Gasteiger partial charge in [-0.25, -0.2) is 9.78 Å². The van der Waals surface area contributed by atoms with Crippen molar-refractivity contribution in [2.24, 2.45) is 7.05 Å². The second-order valence-corrected chi connectivity index (χ2v) is 9.98. The number of aryl methyl sites for hydroxylation is 2. The maximum absolute atomic E-state index is 13.1. The second-order valence-electron chi connectivity index (χ2n) is 8.18. The Balaban J connectivity index is 1.48. The predicted octanol–water partition coefficient (Wildman–Crippen LogP) is 4.14. The van der Waals surface area contributed by atoms with Crippen LogP contribution in [-0.4, -0.2) is 33.3 Å². The zero-order chi connectivity index (χ0) is 22.8. The first-order chi connectivity index (χ1) is 15.3. The molecule has 1 saturated carbocycles. The van der Waals surface area contributed by atoms with Gasteiger partial charge in [-0.3, -0.25) is 19.5 Å². The zero-order valence-corrected chi connectivity index (χ0v) is 20.0. The average Bonchev–Trinajstić information content (AvgIpc) is 3.41. The van der Waals surface area contributed by atoms with Gasteiger partial charge in [-0.2, -0.15) is 0 Å². The molecule has 0 saturated heterocycles. The molecule has 0 atom stereocenters. The minimum atomic E-state index is -0.462. The minimum absolute atomic E-state index is 0.000732. The molecule has 3 aromatic rings. The molecule has 1 aliphatic rings. The molecular weight excluding hydrogens is 444 g/mol. The molecule has 168 valence electrons. The smallest absolute Gasteiger partial charge is 0.321 e. The number of thioether (sulfide) groups is 1. The lowest BCUT2D eigenvalue weighted by Gasteiger charge is -2.12. The normalized spacial score (nSPS) is 14.1. The Bertz CT molecular complexity index is 1240. The van der Waals surface area contributed by atoms with Gasteiger partial charge in [0, 0.05) is 24.0 Å². The zero-order valence-electron chi connectivity index (χ0n) is 18.4. The summed E-state index contributed by atoms with van der Waals surface area (Å²) in [6.07, 6.45) is 4.11. The van der Waals surface area contributed by atoms with Gasteiger partial charge in [-0.05, 0) is 43.4 Å². The Morgan fingerprint density at radius 3 is 2.69 bits per heavy atom. The lowest BCUT2D eigenvalue weighted by molar-refractivity contribution is -0.117. The Morgan fingerprint density at radius 2 is 1.97 bits per heavy atom. The number of nitrogens with one attached hydrogen (secondary N) is 2. The Kier molecular flexibility index (Phi) is 6.66. The van der Waals surface area contributed by atoms with Crippen LogP contribution in [0.5, 0.6) is 0 Å². The summed E-state index contributed by atoms with van der Waals surface area (Å²) < 4.78 is 1.47. The molecule has 0 spiro atoms. The van der Waals surface area contributed by atoms with Crippen molar-refractivity contribution in [3.05, 3.63) is 45.1 Å². The van der Waals surface area contributed by atoms with Crippen molar-refractivity contribution in [3.8, 4) is 11.1 Å². The molecule has 1 fully saturated rings. The number of thiophene rings is 1. The topological polar surface area (TPSA) is 93.1 Å². The van der Waals surface area contributed by atoms with E-state index in [0.29, 0.717) is 15.4 Å². The van der Waals surface area contributed by atoms with Crippen molar-refractivity contribution in [1.29, 1.82) is 0 Å². The summed E-state index contributed by atoms with van der Waals surface area (Å²) in [5.41, 5.74) is 4.09. The highest BCUT2D eigenvalue weighted by Crippen LogP contribution is 2.33. The van der Waals surface area contributed by atoms with Crippen LogP contribution in [0.15, 0.2) is 33.5 Å². The molecule has 0 bridgehead atoms. The molecule has 4 rings (SSSR count). The quantitative estimate of drug-likeness (QED) is 0.432. The van der Waals surface area contributed by atoms with E-state index >= 15 is 0 Å². The van der Waals surface area contributed by atoms with Crippen LogP contribution in [0.25, 0.3) is 21.3 Å². The summed E-state index contributed by atoms with van der Waals surface area (Å²) in [5.74, 6) is -0.416. The lowest BCUT2D eigenvalue weighted by Crippen LogP contribution is -2.44. The fourth-order valence-corrected chi connectivity index (χ4v) is 5.65. The van der Waals surface area contributed by atoms with Gasteiger partial charge in [0.15, 0.2) is 5.16 Å². The number of urea groups is 1. The number of aromatic nitrogens is 2. The standard InChI is InChI=1S/C23H26N4O3S2/c1-13-8-9-15(10-14(13)2)17-11-31-20-19(17)21(29)27(3)23(26-20)32-12-18(28)25-22(30)24-16-6-4-5-7-16/h8-11,16H,4-7,12H2,1-3H3,(H2,24,25,28,30). The number of carbonyl (C=O) groups is 2. The van der Waals surface area contributed by atoms with Crippen molar-refractivity contribution in [3.63, 3.8) is 0 Å². The van der Waals surface area contributed by atoms with Gasteiger partial charge in [0.1, 0.15) is 4.83 Å². The van der Waals surface area contributed by atoms with E-state index in [1.54, 1.807) is 7.05 Å². The fourth-order valence-electron chi connectivity index (χ4n) is 3.89. The van der Waals surface area contributed by atoms with Gasteiger partial charge in [-0.1, -0.05) is 42.8 Å². The van der Waals surface area contributed by atoms with Gasteiger partial charge in [0.2, 0.25) is 5.91 Å². The number of amides is 3. The Labute approximate surface area is 194 Å². The molecule has 3 amide bonds. The van der Waals surface area contributed by atoms with Crippen LogP contribution in [0, 0.1) is 13.8 Å². The van der Waals surface area contributed by atoms with E-state index in [1.165, 1.54) is 27.0 Å². The molecule has 0 aliphatic heterocycles. The highest BCUT2D eigenvalue weighted by Gasteiger charge is 2.20. The van der Waals surface area contributed by atoms with Crippen LogP contribution in [0.3, 0.4) is 0 Å². The third-order valence-electron chi connectivity index (χ3n) is 5.87. The SMILES string of the molecule is Cc1ccc(-c2csc3nc(SCC(=O)NC(=O)NC4CCCC4)n(C)c(=O)c23)cc1C. The Morgan fingerprint density at radius 1 is 1.22 bits per heavy atom. The predicted molar refractivity (Wildman–Crippen MR) is 129 cm³/mol. The van der Waals surface area contributed by atoms with Crippen LogP contribution in [0.1, 0.15) is 36.8 Å². The number of nitrogens with zero attached hydrogens (tertiary/aromatic N) is 2. The van der Waals surface area contributed by atoms with E-state index in [1.807, 2.05) is 11.4 Å². The monoisotopic (exact) mass is 470 g/mol. The van der Waals surface area contributed by atoms with E-state index in [-0.39, 0.29) is 17.4 Å². The molecule has 2 aromatic heterocycles. The van der Waals surface area contributed by atoms with Crippen molar-refractivity contribution < 1.29 is 9.59 Å². The first-order valence-corrected chi connectivity index (χ1v) is 12.5. The van der Waals surface area contributed by atoms with Crippen molar-refractivity contribution >= 4 is 45.3 Å². The molecule has 7 nitrogen and oxygen atoms in total. The Hall–Kier alpha value is -2.65. The summed E-state index contributed by atoms with van der Waals surface area (Å²) in [6.45, 7) is 4.11. The highest BCUT2D eigenvalue weighted by atomic mass is 32.2. The molecule has 0 radical (unpaired) electrons. The third kappa shape index (κ3) is 4.73. The second kappa shape index (κ2) is 9.46. The van der Waals surface area contributed by atoms with E-state index in [4.69, 9.17) is 0 Å². The van der Waals surface area contributed by atoms with E-state index in [2.05, 4.69) is 41.6 Å². The summed E-state index contributed by atoms with van der Waals surface area (Å²) >= 11 is 2.56. The molecule has 1 aliphatic carbocycles. The highest BCUT2D eigenvalue weighted by molar-refractivity contribution is 7.99. The molecule has 0 unspecified atom stereocenters. The van der Waals surface area contributed by atoms with Crippen LogP contribution >= 0.6 is 23.1 Å². The van der Waals surface area contributed by atoms with E-state index in [9.17, 15) is 14.4 Å². The van der Waals surface area contributed by atoms with Crippen LogP contribution in [-0.2, 0) is 11.8 Å². The average molecular weight is 471 g/mol. The maximum atomic E-state index is 13.1. The van der Waals surface area contributed by atoms with Gasteiger partial charge in [0.25, 0.3) is 5.56 Å². The molecule has 2 N–H and O–H groups in total. The van der Waals surface area contributed by atoms with Crippen molar-refractivity contribution in [1.82, 2.24) is 20.2 Å². The summed E-state index contributed by atoms with van der Waals surface area (Å²) in [4.78, 5) is 42.6. The van der Waals surface area contributed by atoms with Crippen molar-refractivity contribution in [2.75, 3.05) is 5.75 Å². The number of benzene rings is 1. The molecule has 32 heavy (non-hydrogen) atoms. The van der Waals surface area contributed by atoms with Gasteiger partial charge < -0.3 is 5.32 Å². The first-order valence-electron chi connectivity index (χ1n) is 10.6. The van der Waals surface area contributed by atoms with E-state index in [0.717, 1.165) is 48.6 Å². The maximum Gasteiger partial charge on any atom is 0.321 e. The van der Waals surface area contributed by atoms with Crippen molar-refractivity contribution in [2.45, 2.75) is 50.7 Å². The molecule has 9 heteroatoms. The number of carbonyl (C=O) groups excluding carboxylic acids is 2. The number of imide groups is 1. The van der Waals surface area contributed by atoms with Gasteiger partial charge >= 0.3 is 6.03 Å². The number of fused-ring (bicyclic) bond motifs is 1. The van der Waals surface area contributed by atoms with Gasteiger partial charge in [-0.15, -0.1) is 11.3 Å². The minimum Gasteiger partial charge on any atom is -0.335 e. The summed E-state index contributed by atoms with van der Waals surface area (Å²) in [6, 6.07) is 5.84. The number of hydrogen-bond acceptors (Lipinski definition) is 6. The lowest BCUT2D eigenvalue weighted by atomic mass is 10.0. The number of rotatable bonds is 5. The number of hydrogen-bond donors (Lipinski definition) is 2. The van der Waals surface area contributed by atoms with Crippen LogP contribution in [0.2, 0.25) is 0 Å². The van der Waals surface area contributed by atoms with E-state index < -0.39 is 11.9 Å². The molecular formula is C23H26N4O3S2. The van der Waals surface area contributed by atoms with Crippen LogP contribution in [0.4, 0.5) is 4.79 Å². The molecule has 2 heterocycles. The van der Waals surface area contributed by atoms with Crippen LogP contribution < -0.4 is 16.2 Å². The first kappa shape index (κ1) is 22.5. The van der Waals surface area contributed by atoms with Gasteiger partial charge in [0.05, 0.1) is 11.1 Å². The fraction of sp³-hybridized carbons (Fsp3) is 0.391. The summed E-state index contributed by atoms with van der Waals surface area (Å²) in [7, 11) is 1.66. The molecule has 1 aromatic carbocycles. The summed E-state index contributed by atoms with van der Waals surface area (Å²) in [5, 5.41) is 8.18. The largest absolute Gasteiger partial charge is 0.335 e. The third-order valence-corrected chi connectivity index (χ3v) is 7.77.